The summed E-state index contributed by atoms with van der Waals surface area (Å²) in [6, 6.07) is 0. The van der Waals surface area contributed by atoms with Crippen LogP contribution in [0.3, 0.4) is 0 Å². The second kappa shape index (κ2) is 9.86. The zero-order valence-corrected chi connectivity index (χ0v) is 19.5. The fraction of sp³-hybridized carbons (Fsp3) is 0.909. The third-order valence-electron chi connectivity index (χ3n) is 7.43. The van der Waals surface area contributed by atoms with E-state index < -0.39 is 0 Å². The van der Waals surface area contributed by atoms with E-state index >= 15 is 0 Å². The van der Waals surface area contributed by atoms with Gasteiger partial charge >= 0.3 is 170 Å². The van der Waals surface area contributed by atoms with Crippen LogP contribution < -0.4 is 0 Å². The monoisotopic (exact) mass is 472 g/mol. The molecule has 4 fully saturated rings. The minimum atomic E-state index is 0.817. The molecule has 4 aliphatic rings. The minimum absolute atomic E-state index is 0.817. The van der Waals surface area contributed by atoms with Gasteiger partial charge in [-0.15, -0.1) is 0 Å². The fourth-order valence-corrected chi connectivity index (χ4v) is 12.8. The maximum absolute atomic E-state index is 2.93. The van der Waals surface area contributed by atoms with Gasteiger partial charge in [0.05, 0.1) is 0 Å². The first-order chi connectivity index (χ1) is 12.4. The van der Waals surface area contributed by atoms with E-state index in [-0.39, 0.29) is 0 Å². The van der Waals surface area contributed by atoms with Crippen molar-refractivity contribution in [2.75, 3.05) is 0 Å². The normalized spacial score (nSPS) is 32.8. The molecule has 25 heavy (non-hydrogen) atoms. The second-order valence-electron chi connectivity index (χ2n) is 9.20. The van der Waals surface area contributed by atoms with Gasteiger partial charge in [-0.25, -0.2) is 0 Å². The summed E-state index contributed by atoms with van der Waals surface area (Å²) in [7, 11) is 0. The maximum atomic E-state index is 2.93. The molecule has 0 unspecified atom stereocenters. The molecule has 0 aromatic rings. The van der Waals surface area contributed by atoms with Gasteiger partial charge in [0.15, 0.2) is 0 Å². The molecule has 0 aromatic heterocycles. The van der Waals surface area contributed by atoms with Crippen LogP contribution in [0.25, 0.3) is 0 Å². The summed E-state index contributed by atoms with van der Waals surface area (Å²) in [6.07, 6.45) is 24.7. The molecule has 3 heteroatoms. The Morgan fingerprint density at radius 1 is 0.600 bits per heavy atom. The van der Waals surface area contributed by atoms with Crippen molar-refractivity contribution in [3.8, 4) is 0 Å². The van der Waals surface area contributed by atoms with Crippen LogP contribution in [0, 0.1) is 0 Å². The van der Waals surface area contributed by atoms with Gasteiger partial charge in [0.25, 0.3) is 0 Å². The van der Waals surface area contributed by atoms with Crippen molar-refractivity contribution in [2.45, 2.75) is 124 Å². The Hall–Kier alpha value is 0.844. The van der Waals surface area contributed by atoms with E-state index in [1.165, 1.54) is 38.5 Å². The third-order valence-corrected chi connectivity index (χ3v) is 13.9. The van der Waals surface area contributed by atoms with Crippen LogP contribution in [0.1, 0.15) is 103 Å². The molecule has 2 aliphatic heterocycles. The number of fused-ring (bicyclic) bond motifs is 2. The Morgan fingerprint density at radius 3 is 1.68 bits per heavy atom. The van der Waals surface area contributed by atoms with Crippen LogP contribution in [-0.4, -0.2) is 36.6 Å². The van der Waals surface area contributed by atoms with E-state index in [2.05, 4.69) is 9.35 Å². The Bertz CT molecular complexity index is 415. The molecule has 0 nitrogen and oxygen atoms in total. The summed E-state index contributed by atoms with van der Waals surface area (Å²) in [6.45, 7) is 1.05. The number of rotatable bonds is 5. The average Bonchev–Trinajstić information content (AvgIpc) is 2.66. The summed E-state index contributed by atoms with van der Waals surface area (Å²) in [5.41, 5.74) is 0. The van der Waals surface area contributed by atoms with E-state index in [4.69, 9.17) is 0 Å². The summed E-state index contributed by atoms with van der Waals surface area (Å²) in [5.74, 6) is 2.18. The van der Waals surface area contributed by atoms with Gasteiger partial charge in [-0.3, -0.25) is 0 Å². The second-order valence-corrected chi connectivity index (χ2v) is 14.5. The van der Waals surface area contributed by atoms with E-state index in [1.54, 1.807) is 64.2 Å². The average molecular weight is 470 g/mol. The van der Waals surface area contributed by atoms with Crippen molar-refractivity contribution in [2.24, 2.45) is 0 Å². The molecule has 0 N–H and O–H groups in total. The van der Waals surface area contributed by atoms with Crippen molar-refractivity contribution in [1.29, 1.82) is 0 Å². The van der Waals surface area contributed by atoms with Crippen LogP contribution in [-0.2, 0) is 0 Å². The molecule has 0 radical (unpaired) electrons. The van der Waals surface area contributed by atoms with Gasteiger partial charge in [0, 0.05) is 0 Å². The molecule has 2 heterocycles. The standard InChI is InChI=1S/C22H37BSe2/c1-3-13-20(14-4-1)24-17-22(25-21-15-5-2-6-16-21)23-18-9-7-10-19(23)12-8-11-18/h17-21H,1-16H2/b22-17-. The van der Waals surface area contributed by atoms with Crippen molar-refractivity contribution in [3.05, 3.63) is 9.35 Å². The molecule has 4 rings (SSSR count). The summed E-state index contributed by atoms with van der Waals surface area (Å²) in [5, 5.41) is 0. The molecule has 0 amide bonds. The Morgan fingerprint density at radius 2 is 1.12 bits per heavy atom. The Labute approximate surface area is 169 Å². The third kappa shape index (κ3) is 5.22. The molecular formula is C22H37BSe2. The first kappa shape index (κ1) is 19.2. The van der Waals surface area contributed by atoms with Crippen LogP contribution in [0.4, 0.5) is 0 Å². The van der Waals surface area contributed by atoms with Crippen molar-refractivity contribution in [1.82, 2.24) is 0 Å². The first-order valence-corrected chi connectivity index (χ1v) is 15.2. The van der Waals surface area contributed by atoms with Crippen LogP contribution in [0.5, 0.6) is 0 Å². The van der Waals surface area contributed by atoms with Gasteiger partial charge in [0.2, 0.25) is 0 Å². The van der Waals surface area contributed by atoms with Gasteiger partial charge in [-0.2, -0.15) is 0 Å². The fourth-order valence-electron chi connectivity index (χ4n) is 6.07. The van der Waals surface area contributed by atoms with E-state index in [0.717, 1.165) is 57.9 Å². The first-order valence-electron chi connectivity index (χ1n) is 11.4. The summed E-state index contributed by atoms with van der Waals surface area (Å²) >= 11 is 1.66. The molecule has 0 aromatic carbocycles. The molecular weight excluding hydrogens is 433 g/mol. The van der Waals surface area contributed by atoms with Crippen LogP contribution >= 0.6 is 0 Å². The summed E-state index contributed by atoms with van der Waals surface area (Å²) < 4.78 is 2.07. The zero-order valence-electron chi connectivity index (χ0n) is 16.1. The SMILES string of the molecule is C(/[Se]C1CCCCC1)=C(/[Se]C1CCCCC1)B1C2CCCC1CCC2. The van der Waals surface area contributed by atoms with E-state index in [0.29, 0.717) is 0 Å². The molecule has 2 aliphatic carbocycles. The predicted molar refractivity (Wildman–Crippen MR) is 114 cm³/mol. The van der Waals surface area contributed by atoms with Gasteiger partial charge < -0.3 is 0 Å². The van der Waals surface area contributed by atoms with Crippen molar-refractivity contribution in [3.63, 3.8) is 0 Å². The number of hydrogen-bond donors (Lipinski definition) is 0. The molecule has 2 bridgehead atoms. The van der Waals surface area contributed by atoms with Gasteiger partial charge in [0.1, 0.15) is 0 Å². The quantitative estimate of drug-likeness (QED) is 0.384. The topological polar surface area (TPSA) is 0 Å². The molecule has 0 spiro atoms. The van der Waals surface area contributed by atoms with Crippen LogP contribution in [0.15, 0.2) is 9.35 Å². The predicted octanol–water partition coefficient (Wildman–Crippen LogP) is 6.88. The molecule has 2 saturated carbocycles. The molecule has 140 valence electrons. The van der Waals surface area contributed by atoms with Gasteiger partial charge in [-0.1, -0.05) is 0 Å². The number of hydrogen-bond acceptors (Lipinski definition) is 0. The Balaban J connectivity index is 1.47. The van der Waals surface area contributed by atoms with E-state index in [1.807, 2.05) is 0 Å². The van der Waals surface area contributed by atoms with E-state index in [9.17, 15) is 0 Å². The summed E-state index contributed by atoms with van der Waals surface area (Å²) in [4.78, 5) is 5.14. The van der Waals surface area contributed by atoms with Crippen LogP contribution in [0.2, 0.25) is 21.3 Å². The van der Waals surface area contributed by atoms with Crippen molar-refractivity contribution >= 4 is 36.6 Å². The Kier molecular flexibility index (Phi) is 7.56. The van der Waals surface area contributed by atoms with Gasteiger partial charge in [-0.05, 0) is 0 Å². The molecule has 2 saturated heterocycles. The molecule has 0 atom stereocenters. The zero-order chi connectivity index (χ0) is 16.9. The van der Waals surface area contributed by atoms with Crippen molar-refractivity contribution < 1.29 is 0 Å².